The molecule has 0 spiro atoms. The number of Topliss-reactive ketones (excluding diaryl/α,β-unsaturated/α-hetero) is 1. The predicted molar refractivity (Wildman–Crippen MR) is 108 cm³/mol. The molecule has 0 aromatic carbocycles. The summed E-state index contributed by atoms with van der Waals surface area (Å²) in [7, 11) is 0. The Morgan fingerprint density at radius 2 is 2.04 bits per heavy atom. The van der Waals surface area contributed by atoms with Gasteiger partial charge in [0.25, 0.3) is 0 Å². The van der Waals surface area contributed by atoms with Crippen molar-refractivity contribution in [2.75, 3.05) is 11.1 Å². The summed E-state index contributed by atoms with van der Waals surface area (Å²) in [6.07, 6.45) is 3.76. The summed E-state index contributed by atoms with van der Waals surface area (Å²) in [4.78, 5) is 21.8. The summed E-state index contributed by atoms with van der Waals surface area (Å²) in [6.45, 7) is 0.520. The molecular formula is C19H16N4OS2. The fourth-order valence-electron chi connectivity index (χ4n) is 2.66. The van der Waals surface area contributed by atoms with Crippen LogP contribution in [0.3, 0.4) is 0 Å². The SMILES string of the molecule is Nc1ncccc1NCc1cc(CC(=O)c2cc3sccc3s2)ccn1. The molecule has 0 radical (unpaired) electrons. The smallest absolute Gasteiger partial charge is 0.177 e. The molecule has 0 amide bonds. The van der Waals surface area contributed by atoms with Crippen LogP contribution < -0.4 is 11.1 Å². The van der Waals surface area contributed by atoms with Gasteiger partial charge in [-0.1, -0.05) is 0 Å². The van der Waals surface area contributed by atoms with Gasteiger partial charge in [-0.25, -0.2) is 4.98 Å². The first kappa shape index (κ1) is 16.7. The highest BCUT2D eigenvalue weighted by Gasteiger charge is 2.12. The monoisotopic (exact) mass is 380 g/mol. The minimum Gasteiger partial charge on any atom is -0.382 e. The van der Waals surface area contributed by atoms with Crippen molar-refractivity contribution < 1.29 is 4.79 Å². The number of nitrogens with one attached hydrogen (secondary N) is 1. The van der Waals surface area contributed by atoms with Crippen molar-refractivity contribution in [2.24, 2.45) is 0 Å². The predicted octanol–water partition coefficient (Wildman–Crippen LogP) is 4.37. The zero-order valence-corrected chi connectivity index (χ0v) is 15.4. The Labute approximate surface area is 158 Å². The van der Waals surface area contributed by atoms with Crippen molar-refractivity contribution in [1.29, 1.82) is 0 Å². The molecule has 0 aliphatic carbocycles. The number of nitrogen functional groups attached to an aromatic ring is 1. The first-order valence-corrected chi connectivity index (χ1v) is 9.77. The Balaban J connectivity index is 1.44. The number of hydrogen-bond acceptors (Lipinski definition) is 7. The molecule has 0 aliphatic heterocycles. The van der Waals surface area contributed by atoms with Crippen molar-refractivity contribution in [3.63, 3.8) is 0 Å². The molecule has 0 saturated carbocycles. The summed E-state index contributed by atoms with van der Waals surface area (Å²) in [6, 6.07) is 11.6. The first-order valence-electron chi connectivity index (χ1n) is 8.07. The van der Waals surface area contributed by atoms with Gasteiger partial charge in [0.1, 0.15) is 5.82 Å². The Hall–Kier alpha value is -2.77. The largest absolute Gasteiger partial charge is 0.382 e. The van der Waals surface area contributed by atoms with Crippen LogP contribution in [0, 0.1) is 0 Å². The van der Waals surface area contributed by atoms with Gasteiger partial charge >= 0.3 is 0 Å². The molecule has 26 heavy (non-hydrogen) atoms. The zero-order valence-electron chi connectivity index (χ0n) is 13.8. The van der Waals surface area contributed by atoms with Gasteiger partial charge in [-0.3, -0.25) is 9.78 Å². The summed E-state index contributed by atoms with van der Waals surface area (Å²) in [5.74, 6) is 0.594. The molecule has 0 unspecified atom stereocenters. The average Bonchev–Trinajstić information content (AvgIpc) is 3.23. The van der Waals surface area contributed by atoms with Gasteiger partial charge in [0, 0.05) is 28.2 Å². The van der Waals surface area contributed by atoms with Gasteiger partial charge in [-0.05, 0) is 47.3 Å². The number of aromatic nitrogens is 2. The lowest BCUT2D eigenvalue weighted by molar-refractivity contribution is 0.0997. The molecule has 3 N–H and O–H groups in total. The second kappa shape index (κ2) is 7.23. The normalized spacial score (nSPS) is 10.9. The molecule has 0 saturated heterocycles. The molecule has 4 rings (SSSR count). The van der Waals surface area contributed by atoms with E-state index in [9.17, 15) is 4.79 Å². The van der Waals surface area contributed by atoms with E-state index in [2.05, 4.69) is 21.4 Å². The number of carbonyl (C=O) groups is 1. The molecular weight excluding hydrogens is 364 g/mol. The molecule has 4 aromatic rings. The van der Waals surface area contributed by atoms with Crippen LogP contribution in [0.5, 0.6) is 0 Å². The number of carbonyl (C=O) groups excluding carboxylic acids is 1. The van der Waals surface area contributed by atoms with Gasteiger partial charge in [0.05, 0.1) is 22.8 Å². The summed E-state index contributed by atoms with van der Waals surface area (Å²) in [5.41, 5.74) is 8.41. The van der Waals surface area contributed by atoms with E-state index in [1.165, 1.54) is 9.40 Å². The van der Waals surface area contributed by atoms with Crippen LogP contribution in [-0.2, 0) is 13.0 Å². The number of thiophene rings is 2. The second-order valence-electron chi connectivity index (χ2n) is 5.80. The van der Waals surface area contributed by atoms with Gasteiger partial charge < -0.3 is 11.1 Å². The van der Waals surface area contributed by atoms with E-state index in [0.717, 1.165) is 21.8 Å². The second-order valence-corrected chi connectivity index (χ2v) is 7.84. The van der Waals surface area contributed by atoms with Crippen molar-refractivity contribution in [1.82, 2.24) is 9.97 Å². The molecule has 5 nitrogen and oxygen atoms in total. The lowest BCUT2D eigenvalue weighted by atomic mass is 10.1. The van der Waals surface area contributed by atoms with Gasteiger partial charge in [0.15, 0.2) is 5.78 Å². The molecule has 0 atom stereocenters. The van der Waals surface area contributed by atoms with E-state index in [1.54, 1.807) is 35.1 Å². The van der Waals surface area contributed by atoms with E-state index < -0.39 is 0 Å². The Morgan fingerprint density at radius 3 is 2.88 bits per heavy atom. The number of hydrogen-bond donors (Lipinski definition) is 2. The van der Waals surface area contributed by atoms with Crippen LogP contribution in [0.15, 0.2) is 54.2 Å². The van der Waals surface area contributed by atoms with Crippen LogP contribution in [-0.4, -0.2) is 15.8 Å². The molecule has 4 heterocycles. The third kappa shape index (κ3) is 3.58. The summed E-state index contributed by atoms with van der Waals surface area (Å²) < 4.78 is 2.35. The number of nitrogens with two attached hydrogens (primary N) is 1. The third-order valence-corrected chi connectivity index (χ3v) is 6.09. The van der Waals surface area contributed by atoms with E-state index in [1.807, 2.05) is 35.7 Å². The number of nitrogens with zero attached hydrogens (tertiary/aromatic N) is 2. The van der Waals surface area contributed by atoms with Gasteiger partial charge in [-0.15, -0.1) is 22.7 Å². The van der Waals surface area contributed by atoms with Gasteiger partial charge in [0.2, 0.25) is 0 Å². The van der Waals surface area contributed by atoms with Crippen LogP contribution in [0.4, 0.5) is 11.5 Å². The highest BCUT2D eigenvalue weighted by atomic mass is 32.1. The van der Waals surface area contributed by atoms with Crippen molar-refractivity contribution in [3.8, 4) is 0 Å². The van der Waals surface area contributed by atoms with E-state index >= 15 is 0 Å². The van der Waals surface area contributed by atoms with Crippen LogP contribution in [0.25, 0.3) is 9.40 Å². The topological polar surface area (TPSA) is 80.9 Å². The molecule has 0 bridgehead atoms. The quantitative estimate of drug-likeness (QED) is 0.485. The maximum absolute atomic E-state index is 12.6. The van der Waals surface area contributed by atoms with Crippen molar-refractivity contribution in [3.05, 3.63) is 70.3 Å². The van der Waals surface area contributed by atoms with E-state index in [0.29, 0.717) is 18.8 Å². The number of pyridine rings is 2. The van der Waals surface area contributed by atoms with Crippen LogP contribution in [0.2, 0.25) is 0 Å². The molecule has 7 heteroatoms. The fraction of sp³-hybridized carbons (Fsp3) is 0.105. The Morgan fingerprint density at radius 1 is 1.12 bits per heavy atom. The third-order valence-electron chi connectivity index (χ3n) is 3.96. The highest BCUT2D eigenvalue weighted by molar-refractivity contribution is 7.27. The molecule has 0 aliphatic rings. The maximum Gasteiger partial charge on any atom is 0.177 e. The highest BCUT2D eigenvalue weighted by Crippen LogP contribution is 2.30. The first-order chi connectivity index (χ1) is 12.7. The maximum atomic E-state index is 12.6. The minimum absolute atomic E-state index is 0.139. The average molecular weight is 380 g/mol. The van der Waals surface area contributed by atoms with Crippen LogP contribution >= 0.6 is 22.7 Å². The summed E-state index contributed by atoms with van der Waals surface area (Å²) in [5, 5.41) is 5.27. The van der Waals surface area contributed by atoms with E-state index in [-0.39, 0.29) is 5.78 Å². The summed E-state index contributed by atoms with van der Waals surface area (Å²) >= 11 is 3.22. The number of anilines is 2. The number of rotatable bonds is 6. The standard InChI is InChI=1S/C19H16N4OS2/c20-19-14(2-1-5-22-19)23-11-13-8-12(3-6-21-13)9-15(24)17-10-18-16(26-17)4-7-25-18/h1-8,10,23H,9,11H2,(H2,20,22). The zero-order chi connectivity index (χ0) is 17.9. The fourth-order valence-corrected chi connectivity index (χ4v) is 4.71. The Kier molecular flexibility index (Phi) is 4.64. The molecule has 130 valence electrons. The molecule has 0 fully saturated rings. The lowest BCUT2D eigenvalue weighted by Gasteiger charge is -2.08. The van der Waals surface area contributed by atoms with Gasteiger partial charge in [-0.2, -0.15) is 0 Å². The van der Waals surface area contributed by atoms with E-state index in [4.69, 9.17) is 5.73 Å². The number of fused-ring (bicyclic) bond motifs is 1. The van der Waals surface area contributed by atoms with Crippen molar-refractivity contribution in [2.45, 2.75) is 13.0 Å². The van der Waals surface area contributed by atoms with Crippen molar-refractivity contribution >= 4 is 49.4 Å². The Bertz CT molecular complexity index is 1040. The van der Waals surface area contributed by atoms with Crippen LogP contribution in [0.1, 0.15) is 20.9 Å². The molecule has 4 aromatic heterocycles. The minimum atomic E-state index is 0.139. The lowest BCUT2D eigenvalue weighted by Crippen LogP contribution is -2.06. The number of ketones is 1.